The SMILES string of the molecule is C.O=c1ccc2cnc(Nc3ccc(N4CCNCC4)c(F)c3)nc2n1C1CCc2ccccc2C1. The van der Waals surface area contributed by atoms with Gasteiger partial charge in [0.05, 0.1) is 5.69 Å². The Kier molecular flexibility index (Phi) is 6.69. The molecule has 0 amide bonds. The van der Waals surface area contributed by atoms with Crippen LogP contribution in [0.15, 0.2) is 65.6 Å². The Morgan fingerprint density at radius 3 is 2.64 bits per heavy atom. The Morgan fingerprint density at radius 1 is 1.03 bits per heavy atom. The lowest BCUT2D eigenvalue weighted by Gasteiger charge is -2.29. The second-order valence-electron chi connectivity index (χ2n) is 9.21. The van der Waals surface area contributed by atoms with E-state index in [1.807, 2.05) is 17.0 Å². The fourth-order valence-electron chi connectivity index (χ4n) is 5.23. The predicted octanol–water partition coefficient (Wildman–Crippen LogP) is 4.45. The van der Waals surface area contributed by atoms with Crippen molar-refractivity contribution in [3.8, 4) is 0 Å². The number of nitrogens with one attached hydrogen (secondary N) is 2. The van der Waals surface area contributed by atoms with Crippen LogP contribution >= 0.6 is 0 Å². The van der Waals surface area contributed by atoms with Gasteiger partial charge in [-0.2, -0.15) is 4.98 Å². The third kappa shape index (κ3) is 4.56. The Bertz CT molecular complexity index is 1450. The number of pyridine rings is 1. The zero-order chi connectivity index (χ0) is 23.8. The highest BCUT2D eigenvalue weighted by Crippen LogP contribution is 2.30. The summed E-state index contributed by atoms with van der Waals surface area (Å²) in [5.41, 5.74) is 4.32. The van der Waals surface area contributed by atoms with E-state index >= 15 is 0 Å². The van der Waals surface area contributed by atoms with Crippen molar-refractivity contribution in [3.05, 3.63) is 88.1 Å². The number of benzene rings is 2. The van der Waals surface area contributed by atoms with E-state index in [9.17, 15) is 9.18 Å². The van der Waals surface area contributed by atoms with Crippen molar-refractivity contribution >= 4 is 28.4 Å². The minimum Gasteiger partial charge on any atom is -0.367 e. The van der Waals surface area contributed by atoms with Crippen LogP contribution in [-0.4, -0.2) is 40.7 Å². The maximum Gasteiger partial charge on any atom is 0.252 e. The van der Waals surface area contributed by atoms with Crippen LogP contribution < -0.4 is 21.1 Å². The summed E-state index contributed by atoms with van der Waals surface area (Å²) in [4.78, 5) is 24.1. The van der Waals surface area contributed by atoms with E-state index < -0.39 is 0 Å². The van der Waals surface area contributed by atoms with Crippen LogP contribution in [-0.2, 0) is 12.8 Å². The standard InChI is InChI=1S/C27H27FN6O.CH4/c28-23-16-21(7-9-24(23)33-13-11-29-12-14-33)31-27-30-17-20-6-10-25(35)34(26(20)32-27)22-8-5-18-3-1-2-4-19(18)15-22;/h1-4,6-7,9-10,16-17,22,29H,5,8,11-15H2,(H,30,31,32);1H4. The Labute approximate surface area is 210 Å². The largest absolute Gasteiger partial charge is 0.367 e. The molecular weight excluding hydrogens is 455 g/mol. The van der Waals surface area contributed by atoms with Gasteiger partial charge in [0.1, 0.15) is 11.5 Å². The van der Waals surface area contributed by atoms with Crippen LogP contribution in [0, 0.1) is 5.82 Å². The van der Waals surface area contributed by atoms with Crippen LogP contribution in [0.2, 0.25) is 0 Å². The van der Waals surface area contributed by atoms with Gasteiger partial charge in [-0.25, -0.2) is 9.37 Å². The zero-order valence-electron chi connectivity index (χ0n) is 19.4. The smallest absolute Gasteiger partial charge is 0.252 e. The normalized spacial score (nSPS) is 17.4. The van der Waals surface area contributed by atoms with Gasteiger partial charge in [-0.15, -0.1) is 0 Å². The molecule has 8 heteroatoms. The molecule has 2 aliphatic rings. The maximum absolute atomic E-state index is 14.9. The lowest BCUT2D eigenvalue weighted by molar-refractivity contribution is 0.441. The van der Waals surface area contributed by atoms with Crippen molar-refractivity contribution in [1.82, 2.24) is 19.9 Å². The number of halogens is 1. The molecular formula is C28H31FN6O. The highest BCUT2D eigenvalue weighted by atomic mass is 19.1. The summed E-state index contributed by atoms with van der Waals surface area (Å²) in [6.07, 6.45) is 4.31. The fourth-order valence-corrected chi connectivity index (χ4v) is 5.23. The van der Waals surface area contributed by atoms with E-state index in [2.05, 4.69) is 33.8 Å². The van der Waals surface area contributed by atoms with Gasteiger partial charge < -0.3 is 15.5 Å². The second-order valence-corrected chi connectivity index (χ2v) is 9.21. The molecule has 0 radical (unpaired) electrons. The fraction of sp³-hybridized carbons (Fsp3) is 0.321. The van der Waals surface area contributed by atoms with E-state index in [0.717, 1.165) is 50.8 Å². The van der Waals surface area contributed by atoms with E-state index in [4.69, 9.17) is 4.98 Å². The second kappa shape index (κ2) is 10.1. The van der Waals surface area contributed by atoms with E-state index in [0.29, 0.717) is 23.0 Å². The monoisotopic (exact) mass is 486 g/mol. The molecule has 6 rings (SSSR count). The molecule has 1 fully saturated rings. The third-order valence-electron chi connectivity index (χ3n) is 7.01. The number of fused-ring (bicyclic) bond motifs is 2. The molecule has 1 atom stereocenters. The molecule has 0 saturated carbocycles. The number of rotatable bonds is 4. The molecule has 2 N–H and O–H groups in total. The maximum atomic E-state index is 14.9. The quantitative estimate of drug-likeness (QED) is 0.444. The van der Waals surface area contributed by atoms with Gasteiger partial charge in [0, 0.05) is 55.6 Å². The number of hydrogen-bond donors (Lipinski definition) is 2. The average Bonchev–Trinajstić information content (AvgIpc) is 2.89. The Morgan fingerprint density at radius 2 is 1.83 bits per heavy atom. The van der Waals surface area contributed by atoms with Crippen LogP contribution in [0.25, 0.3) is 11.0 Å². The Balaban J connectivity index is 0.00000267. The van der Waals surface area contributed by atoms with Crippen molar-refractivity contribution in [2.24, 2.45) is 0 Å². The molecule has 3 heterocycles. The molecule has 4 aromatic rings. The number of hydrogen-bond acceptors (Lipinski definition) is 6. The molecule has 0 spiro atoms. The minimum atomic E-state index is -0.282. The van der Waals surface area contributed by atoms with Gasteiger partial charge in [0.15, 0.2) is 0 Å². The summed E-state index contributed by atoms with van der Waals surface area (Å²) in [6, 6.07) is 16.9. The molecule has 0 bridgehead atoms. The third-order valence-corrected chi connectivity index (χ3v) is 7.01. The topological polar surface area (TPSA) is 75.1 Å². The number of nitrogens with zero attached hydrogens (tertiary/aromatic N) is 4. The molecule has 1 aliphatic heterocycles. The van der Waals surface area contributed by atoms with Gasteiger partial charge in [0.2, 0.25) is 5.95 Å². The first kappa shape index (κ1) is 23.9. The first-order valence-corrected chi connectivity index (χ1v) is 12.1. The van der Waals surface area contributed by atoms with Crippen LogP contribution in [0.3, 0.4) is 0 Å². The highest BCUT2D eigenvalue weighted by Gasteiger charge is 2.23. The molecule has 186 valence electrons. The molecule has 7 nitrogen and oxygen atoms in total. The summed E-state index contributed by atoms with van der Waals surface area (Å²) < 4.78 is 16.7. The number of anilines is 3. The molecule has 36 heavy (non-hydrogen) atoms. The molecule has 1 saturated heterocycles. The number of piperazine rings is 1. The number of aryl methyl sites for hydroxylation is 1. The predicted molar refractivity (Wildman–Crippen MR) is 143 cm³/mol. The van der Waals surface area contributed by atoms with Crippen molar-refractivity contribution in [1.29, 1.82) is 0 Å². The molecule has 2 aromatic carbocycles. The zero-order valence-corrected chi connectivity index (χ0v) is 19.4. The summed E-state index contributed by atoms with van der Waals surface area (Å²) in [6.45, 7) is 3.25. The van der Waals surface area contributed by atoms with Crippen LogP contribution in [0.1, 0.15) is 31.0 Å². The van der Waals surface area contributed by atoms with Gasteiger partial charge in [0.25, 0.3) is 5.56 Å². The highest BCUT2D eigenvalue weighted by molar-refractivity contribution is 5.76. The Hall–Kier alpha value is -3.78. The van der Waals surface area contributed by atoms with E-state index in [-0.39, 0.29) is 24.8 Å². The van der Waals surface area contributed by atoms with Crippen molar-refractivity contribution in [3.63, 3.8) is 0 Å². The molecule has 1 aliphatic carbocycles. The first-order valence-electron chi connectivity index (χ1n) is 12.1. The van der Waals surface area contributed by atoms with E-state index in [1.165, 1.54) is 17.2 Å². The van der Waals surface area contributed by atoms with E-state index in [1.54, 1.807) is 29.0 Å². The lowest BCUT2D eigenvalue weighted by atomic mass is 9.88. The summed E-state index contributed by atoms with van der Waals surface area (Å²) in [5, 5.41) is 7.21. The summed E-state index contributed by atoms with van der Waals surface area (Å²) >= 11 is 0. The summed E-state index contributed by atoms with van der Waals surface area (Å²) in [5.74, 6) is 0.0536. The van der Waals surface area contributed by atoms with Crippen LogP contribution in [0.5, 0.6) is 0 Å². The van der Waals surface area contributed by atoms with Gasteiger partial charge >= 0.3 is 0 Å². The van der Waals surface area contributed by atoms with Crippen LogP contribution in [0.4, 0.5) is 21.7 Å². The first-order chi connectivity index (χ1) is 17.2. The van der Waals surface area contributed by atoms with Gasteiger partial charge in [-0.1, -0.05) is 31.7 Å². The van der Waals surface area contributed by atoms with Crippen molar-refractivity contribution < 1.29 is 4.39 Å². The number of aromatic nitrogens is 3. The van der Waals surface area contributed by atoms with Gasteiger partial charge in [-0.05, 0) is 54.7 Å². The van der Waals surface area contributed by atoms with Gasteiger partial charge in [-0.3, -0.25) is 9.36 Å². The summed E-state index contributed by atoms with van der Waals surface area (Å²) in [7, 11) is 0. The minimum absolute atomic E-state index is 0. The molecule has 1 unspecified atom stereocenters. The van der Waals surface area contributed by atoms with Crippen molar-refractivity contribution in [2.75, 3.05) is 36.4 Å². The average molecular weight is 487 g/mol. The lowest BCUT2D eigenvalue weighted by Crippen LogP contribution is -2.43. The van der Waals surface area contributed by atoms with Crippen molar-refractivity contribution in [2.45, 2.75) is 32.7 Å². The molecule has 2 aromatic heterocycles.